The number of aliphatic carboxylic acids is 1. The third-order valence-electron chi connectivity index (χ3n) is 2.15. The zero-order chi connectivity index (χ0) is 13.5. The first kappa shape index (κ1) is 13.7. The molecule has 0 fully saturated rings. The number of allylic oxidation sites excluding steroid dienone is 1. The number of nitrogens with zero attached hydrogens (tertiary/aromatic N) is 2. The Morgan fingerprint density at radius 1 is 1.50 bits per heavy atom. The SMILES string of the molecule is CCC(O)=C(C=Nc1ccc(OC)nc1)C(=O)O. The summed E-state index contributed by atoms with van der Waals surface area (Å²) in [7, 11) is 1.50. The van der Waals surface area contributed by atoms with Crippen molar-refractivity contribution in [2.75, 3.05) is 7.11 Å². The number of hydrogen-bond donors (Lipinski definition) is 2. The minimum absolute atomic E-state index is 0.215. The Balaban J connectivity index is 2.93. The molecular formula is C12H14N2O4. The van der Waals surface area contributed by atoms with Crippen LogP contribution in [0.25, 0.3) is 0 Å². The van der Waals surface area contributed by atoms with Crippen LogP contribution in [-0.4, -0.2) is 34.5 Å². The summed E-state index contributed by atoms with van der Waals surface area (Å²) in [6.07, 6.45) is 2.77. The smallest absolute Gasteiger partial charge is 0.340 e. The van der Waals surface area contributed by atoms with Crippen molar-refractivity contribution in [3.8, 4) is 5.88 Å². The standard InChI is InChI=1S/C12H14N2O4/c1-3-10(15)9(12(16)17)7-13-8-4-5-11(18-2)14-6-8/h4-7,15H,3H2,1-2H3,(H,16,17). The first-order chi connectivity index (χ1) is 8.58. The Morgan fingerprint density at radius 3 is 2.67 bits per heavy atom. The van der Waals surface area contributed by atoms with E-state index in [0.717, 1.165) is 6.21 Å². The number of aliphatic imine (C=N–C) groups is 1. The number of methoxy groups -OCH3 is 1. The molecule has 0 bridgehead atoms. The first-order valence-corrected chi connectivity index (χ1v) is 5.28. The van der Waals surface area contributed by atoms with Crippen LogP contribution in [0, 0.1) is 0 Å². The average Bonchev–Trinajstić information content (AvgIpc) is 2.39. The van der Waals surface area contributed by atoms with Crippen molar-refractivity contribution in [3.63, 3.8) is 0 Å². The summed E-state index contributed by atoms with van der Waals surface area (Å²) in [6, 6.07) is 3.24. The summed E-state index contributed by atoms with van der Waals surface area (Å²) in [5.41, 5.74) is 0.242. The Morgan fingerprint density at radius 2 is 2.22 bits per heavy atom. The van der Waals surface area contributed by atoms with Gasteiger partial charge in [0.25, 0.3) is 0 Å². The molecule has 18 heavy (non-hydrogen) atoms. The van der Waals surface area contributed by atoms with E-state index in [1.54, 1.807) is 19.1 Å². The number of pyridine rings is 1. The number of rotatable bonds is 5. The third-order valence-corrected chi connectivity index (χ3v) is 2.15. The Hall–Kier alpha value is -2.37. The third kappa shape index (κ3) is 3.58. The van der Waals surface area contributed by atoms with Crippen molar-refractivity contribution in [2.24, 2.45) is 4.99 Å². The van der Waals surface area contributed by atoms with E-state index >= 15 is 0 Å². The fourth-order valence-corrected chi connectivity index (χ4v) is 1.15. The van der Waals surface area contributed by atoms with Gasteiger partial charge in [-0.2, -0.15) is 0 Å². The summed E-state index contributed by atoms with van der Waals surface area (Å²) < 4.78 is 4.88. The lowest BCUT2D eigenvalue weighted by atomic mass is 10.2. The van der Waals surface area contributed by atoms with Gasteiger partial charge in [-0.15, -0.1) is 0 Å². The summed E-state index contributed by atoms with van der Waals surface area (Å²) in [5.74, 6) is -0.994. The molecule has 0 saturated heterocycles. The molecule has 2 N–H and O–H groups in total. The van der Waals surface area contributed by atoms with E-state index in [1.165, 1.54) is 13.3 Å². The fourth-order valence-electron chi connectivity index (χ4n) is 1.15. The largest absolute Gasteiger partial charge is 0.511 e. The minimum Gasteiger partial charge on any atom is -0.511 e. The summed E-state index contributed by atoms with van der Waals surface area (Å²) in [4.78, 5) is 18.7. The van der Waals surface area contributed by atoms with Gasteiger partial charge in [-0.3, -0.25) is 4.99 Å². The van der Waals surface area contributed by atoms with Gasteiger partial charge in [-0.25, -0.2) is 9.78 Å². The normalized spacial score (nSPS) is 12.3. The average molecular weight is 250 g/mol. The second-order valence-electron chi connectivity index (χ2n) is 3.34. The van der Waals surface area contributed by atoms with Gasteiger partial charge >= 0.3 is 5.97 Å². The number of carbonyl (C=O) groups is 1. The number of carboxylic acids is 1. The molecule has 96 valence electrons. The lowest BCUT2D eigenvalue weighted by Gasteiger charge is -2.00. The van der Waals surface area contributed by atoms with E-state index in [2.05, 4.69) is 9.98 Å². The van der Waals surface area contributed by atoms with Gasteiger partial charge in [-0.1, -0.05) is 6.92 Å². The highest BCUT2D eigenvalue weighted by Gasteiger charge is 2.10. The molecule has 0 spiro atoms. The van der Waals surface area contributed by atoms with Crippen LogP contribution < -0.4 is 4.74 Å². The highest BCUT2D eigenvalue weighted by Crippen LogP contribution is 2.14. The van der Waals surface area contributed by atoms with Crippen LogP contribution in [0.3, 0.4) is 0 Å². The Bertz CT molecular complexity index is 477. The van der Waals surface area contributed by atoms with Crippen LogP contribution >= 0.6 is 0 Å². The van der Waals surface area contributed by atoms with Crippen LogP contribution in [0.15, 0.2) is 34.7 Å². The fraction of sp³-hybridized carbons (Fsp3) is 0.250. The first-order valence-electron chi connectivity index (χ1n) is 5.28. The van der Waals surface area contributed by atoms with Gasteiger partial charge in [0.1, 0.15) is 11.3 Å². The number of aliphatic hydroxyl groups is 1. The molecule has 1 aromatic heterocycles. The van der Waals surface area contributed by atoms with Crippen molar-refractivity contribution in [3.05, 3.63) is 29.7 Å². The molecule has 6 nitrogen and oxygen atoms in total. The molecule has 0 amide bonds. The van der Waals surface area contributed by atoms with Crippen molar-refractivity contribution in [1.29, 1.82) is 0 Å². The van der Waals surface area contributed by atoms with Gasteiger partial charge in [0.05, 0.1) is 19.0 Å². The number of aliphatic hydroxyl groups excluding tert-OH is 1. The quantitative estimate of drug-likeness (QED) is 0.474. The maximum atomic E-state index is 10.9. The number of ether oxygens (including phenoxy) is 1. The number of carboxylic acid groups (broad SMARTS) is 1. The minimum atomic E-state index is -1.22. The lowest BCUT2D eigenvalue weighted by Crippen LogP contribution is -2.05. The predicted molar refractivity (Wildman–Crippen MR) is 66.5 cm³/mol. The van der Waals surface area contributed by atoms with Crippen LogP contribution in [0.2, 0.25) is 0 Å². The van der Waals surface area contributed by atoms with Crippen molar-refractivity contribution >= 4 is 17.9 Å². The highest BCUT2D eigenvalue weighted by atomic mass is 16.5. The monoisotopic (exact) mass is 250 g/mol. The van der Waals surface area contributed by atoms with E-state index < -0.39 is 5.97 Å². The van der Waals surface area contributed by atoms with Crippen LogP contribution in [0.5, 0.6) is 5.88 Å². The predicted octanol–water partition coefficient (Wildman–Crippen LogP) is 2.10. The lowest BCUT2D eigenvalue weighted by molar-refractivity contribution is -0.132. The van der Waals surface area contributed by atoms with Crippen molar-refractivity contribution in [2.45, 2.75) is 13.3 Å². The summed E-state index contributed by atoms with van der Waals surface area (Å²) >= 11 is 0. The molecule has 0 aliphatic carbocycles. The molecule has 0 aromatic carbocycles. The molecule has 6 heteroatoms. The molecular weight excluding hydrogens is 236 g/mol. The molecule has 0 radical (unpaired) electrons. The van der Waals surface area contributed by atoms with E-state index in [-0.39, 0.29) is 17.8 Å². The molecule has 0 aliphatic rings. The Labute approximate surface area is 104 Å². The van der Waals surface area contributed by atoms with E-state index in [0.29, 0.717) is 11.6 Å². The maximum Gasteiger partial charge on any atom is 0.340 e. The Kier molecular flexibility index (Phi) is 4.86. The topological polar surface area (TPSA) is 92.0 Å². The van der Waals surface area contributed by atoms with Gasteiger partial charge in [-0.05, 0) is 6.07 Å². The second kappa shape index (κ2) is 6.39. The van der Waals surface area contributed by atoms with Crippen molar-refractivity contribution in [1.82, 2.24) is 4.98 Å². The molecule has 0 aliphatic heterocycles. The van der Waals surface area contributed by atoms with E-state index in [9.17, 15) is 9.90 Å². The molecule has 0 saturated carbocycles. The molecule has 0 unspecified atom stereocenters. The van der Waals surface area contributed by atoms with E-state index in [4.69, 9.17) is 9.84 Å². The van der Waals surface area contributed by atoms with E-state index in [1.807, 2.05) is 0 Å². The molecule has 1 aromatic rings. The number of hydrogen-bond acceptors (Lipinski definition) is 5. The van der Waals surface area contributed by atoms with Gasteiger partial charge < -0.3 is 14.9 Å². The van der Waals surface area contributed by atoms with Gasteiger partial charge in [0.15, 0.2) is 0 Å². The molecule has 0 atom stereocenters. The summed E-state index contributed by atoms with van der Waals surface area (Å²) in [6.45, 7) is 1.65. The van der Waals surface area contributed by atoms with Crippen LogP contribution in [-0.2, 0) is 4.79 Å². The van der Waals surface area contributed by atoms with Gasteiger partial charge in [0.2, 0.25) is 5.88 Å². The maximum absolute atomic E-state index is 10.9. The number of aromatic nitrogens is 1. The zero-order valence-electron chi connectivity index (χ0n) is 10.1. The molecule has 1 heterocycles. The summed E-state index contributed by atoms with van der Waals surface area (Å²) in [5, 5.41) is 18.3. The van der Waals surface area contributed by atoms with Crippen LogP contribution in [0.4, 0.5) is 5.69 Å². The highest BCUT2D eigenvalue weighted by molar-refractivity contribution is 6.09. The molecule has 1 rings (SSSR count). The van der Waals surface area contributed by atoms with Crippen LogP contribution in [0.1, 0.15) is 13.3 Å². The second-order valence-corrected chi connectivity index (χ2v) is 3.34. The zero-order valence-corrected chi connectivity index (χ0v) is 10.1. The van der Waals surface area contributed by atoms with Gasteiger partial charge in [0, 0.05) is 18.7 Å². The van der Waals surface area contributed by atoms with Crippen molar-refractivity contribution < 1.29 is 19.7 Å².